The number of alkyl halides is 2. The zero-order chi connectivity index (χ0) is 11.7. The molecular formula is C10H18BrFO3. The Labute approximate surface area is 98.1 Å². The van der Waals surface area contributed by atoms with E-state index in [9.17, 15) is 9.18 Å². The van der Waals surface area contributed by atoms with E-state index in [0.29, 0.717) is 6.42 Å². The third-order valence-electron chi connectivity index (χ3n) is 1.93. The minimum atomic E-state index is -1.55. The van der Waals surface area contributed by atoms with Gasteiger partial charge in [-0.1, -0.05) is 22.4 Å². The third kappa shape index (κ3) is 7.73. The Kier molecular flexibility index (Phi) is 9.00. The molecule has 0 saturated heterocycles. The predicted molar refractivity (Wildman–Crippen MR) is 59.8 cm³/mol. The van der Waals surface area contributed by atoms with Gasteiger partial charge in [0.05, 0.1) is 6.61 Å². The zero-order valence-electron chi connectivity index (χ0n) is 8.92. The van der Waals surface area contributed by atoms with Crippen LogP contribution in [0.25, 0.3) is 0 Å². The predicted octanol–water partition coefficient (Wildman–Crippen LogP) is 2.20. The maximum atomic E-state index is 13.2. The highest BCUT2D eigenvalue weighted by Gasteiger charge is 2.21. The standard InChI is InChI=1S/C10H18BrFO3/c1-2-15-10(14)9(12)7-8(11)5-3-4-6-13/h8-9,13H,2-7H2,1H3/t8?,9-/m1/s1. The fraction of sp³-hybridized carbons (Fsp3) is 0.900. The molecule has 0 aromatic carbocycles. The number of halogens is 2. The van der Waals surface area contributed by atoms with Crippen molar-refractivity contribution in [3.05, 3.63) is 0 Å². The molecule has 0 radical (unpaired) electrons. The first-order chi connectivity index (χ1) is 7.11. The van der Waals surface area contributed by atoms with Crippen LogP contribution in [0.3, 0.4) is 0 Å². The van der Waals surface area contributed by atoms with Gasteiger partial charge in [0, 0.05) is 17.9 Å². The molecule has 0 amide bonds. The lowest BCUT2D eigenvalue weighted by Gasteiger charge is -2.12. The Balaban J connectivity index is 3.65. The van der Waals surface area contributed by atoms with E-state index in [1.165, 1.54) is 0 Å². The van der Waals surface area contributed by atoms with Crippen LogP contribution in [0, 0.1) is 0 Å². The smallest absolute Gasteiger partial charge is 0.340 e. The second-order valence-electron chi connectivity index (χ2n) is 3.27. The summed E-state index contributed by atoms with van der Waals surface area (Å²) in [6, 6.07) is 0. The van der Waals surface area contributed by atoms with Gasteiger partial charge in [0.25, 0.3) is 0 Å². The number of aliphatic hydroxyl groups excluding tert-OH is 1. The van der Waals surface area contributed by atoms with E-state index >= 15 is 0 Å². The maximum absolute atomic E-state index is 13.2. The number of carbonyl (C=O) groups is 1. The molecule has 0 aromatic heterocycles. The van der Waals surface area contributed by atoms with Crippen molar-refractivity contribution in [3.8, 4) is 0 Å². The highest BCUT2D eigenvalue weighted by molar-refractivity contribution is 9.09. The lowest BCUT2D eigenvalue weighted by atomic mass is 10.1. The number of carbonyl (C=O) groups excluding carboxylic acids is 1. The molecule has 2 atom stereocenters. The van der Waals surface area contributed by atoms with Crippen LogP contribution in [-0.4, -0.2) is 35.3 Å². The molecular weight excluding hydrogens is 267 g/mol. The first-order valence-electron chi connectivity index (χ1n) is 5.17. The number of hydrogen-bond acceptors (Lipinski definition) is 3. The molecule has 0 aromatic rings. The molecule has 0 fully saturated rings. The van der Waals surface area contributed by atoms with Crippen LogP contribution in [0.5, 0.6) is 0 Å². The molecule has 15 heavy (non-hydrogen) atoms. The minimum absolute atomic E-state index is 0.0385. The van der Waals surface area contributed by atoms with Gasteiger partial charge in [-0.15, -0.1) is 0 Å². The molecule has 0 heterocycles. The lowest BCUT2D eigenvalue weighted by molar-refractivity contribution is -0.149. The SMILES string of the molecule is CCOC(=O)[C@H](F)CC(Br)CCCCO. The highest BCUT2D eigenvalue weighted by Crippen LogP contribution is 2.18. The summed E-state index contributed by atoms with van der Waals surface area (Å²) < 4.78 is 17.7. The van der Waals surface area contributed by atoms with Crippen LogP contribution in [0.15, 0.2) is 0 Å². The molecule has 0 saturated carbocycles. The topological polar surface area (TPSA) is 46.5 Å². The largest absolute Gasteiger partial charge is 0.464 e. The molecule has 0 aliphatic rings. The van der Waals surface area contributed by atoms with Crippen molar-refractivity contribution in [1.82, 2.24) is 0 Å². The molecule has 0 aliphatic heterocycles. The lowest BCUT2D eigenvalue weighted by Crippen LogP contribution is -2.22. The Hall–Kier alpha value is -0.160. The van der Waals surface area contributed by atoms with Crippen LogP contribution < -0.4 is 0 Å². The van der Waals surface area contributed by atoms with Gasteiger partial charge in [0.15, 0.2) is 6.17 Å². The van der Waals surface area contributed by atoms with Gasteiger partial charge in [-0.2, -0.15) is 0 Å². The van der Waals surface area contributed by atoms with Gasteiger partial charge in [0.2, 0.25) is 0 Å². The summed E-state index contributed by atoms with van der Waals surface area (Å²) in [5, 5.41) is 8.56. The van der Waals surface area contributed by atoms with Gasteiger partial charge in [0.1, 0.15) is 0 Å². The number of aliphatic hydroxyl groups is 1. The van der Waals surface area contributed by atoms with E-state index in [4.69, 9.17) is 5.11 Å². The normalized spacial score (nSPS) is 14.7. The van der Waals surface area contributed by atoms with E-state index in [1.54, 1.807) is 6.92 Å². The van der Waals surface area contributed by atoms with E-state index in [0.717, 1.165) is 12.8 Å². The van der Waals surface area contributed by atoms with Crippen LogP contribution >= 0.6 is 15.9 Å². The molecule has 90 valence electrons. The van der Waals surface area contributed by atoms with E-state index in [1.807, 2.05) is 0 Å². The van der Waals surface area contributed by atoms with Crippen molar-refractivity contribution in [2.24, 2.45) is 0 Å². The van der Waals surface area contributed by atoms with E-state index in [-0.39, 0.29) is 24.5 Å². The molecule has 0 aliphatic carbocycles. The molecule has 0 rings (SSSR count). The van der Waals surface area contributed by atoms with E-state index in [2.05, 4.69) is 20.7 Å². The summed E-state index contributed by atoms with van der Waals surface area (Å²) in [6.45, 7) is 2.00. The summed E-state index contributed by atoms with van der Waals surface area (Å²) in [5.41, 5.74) is 0. The summed E-state index contributed by atoms with van der Waals surface area (Å²) in [4.78, 5) is 10.9. The minimum Gasteiger partial charge on any atom is -0.464 e. The quantitative estimate of drug-likeness (QED) is 0.422. The fourth-order valence-corrected chi connectivity index (χ4v) is 1.80. The third-order valence-corrected chi connectivity index (χ3v) is 2.76. The first-order valence-corrected chi connectivity index (χ1v) is 6.09. The molecule has 1 N–H and O–H groups in total. The van der Waals surface area contributed by atoms with Gasteiger partial charge < -0.3 is 9.84 Å². The van der Waals surface area contributed by atoms with Crippen molar-refractivity contribution in [2.75, 3.05) is 13.2 Å². The van der Waals surface area contributed by atoms with Gasteiger partial charge in [-0.05, 0) is 19.8 Å². The Morgan fingerprint density at radius 1 is 1.53 bits per heavy atom. The van der Waals surface area contributed by atoms with Crippen molar-refractivity contribution in [3.63, 3.8) is 0 Å². The monoisotopic (exact) mass is 284 g/mol. The highest BCUT2D eigenvalue weighted by atomic mass is 79.9. The van der Waals surface area contributed by atoms with Gasteiger partial charge in [-0.25, -0.2) is 9.18 Å². The summed E-state index contributed by atoms with van der Waals surface area (Å²) in [7, 11) is 0. The van der Waals surface area contributed by atoms with Gasteiger partial charge in [-0.3, -0.25) is 0 Å². The number of ether oxygens (including phenoxy) is 1. The Morgan fingerprint density at radius 3 is 2.73 bits per heavy atom. The second-order valence-corrected chi connectivity index (χ2v) is 4.57. The Morgan fingerprint density at radius 2 is 2.20 bits per heavy atom. The number of esters is 1. The molecule has 1 unspecified atom stereocenters. The molecule has 3 nitrogen and oxygen atoms in total. The second kappa shape index (κ2) is 9.09. The maximum Gasteiger partial charge on any atom is 0.340 e. The van der Waals surface area contributed by atoms with E-state index < -0.39 is 12.1 Å². The number of rotatable bonds is 8. The summed E-state index contributed by atoms with van der Waals surface area (Å²) >= 11 is 3.30. The molecule has 0 spiro atoms. The van der Waals surface area contributed by atoms with Crippen LogP contribution in [0.4, 0.5) is 4.39 Å². The molecule has 5 heteroatoms. The van der Waals surface area contributed by atoms with Gasteiger partial charge >= 0.3 is 5.97 Å². The summed E-state index contributed by atoms with van der Waals surface area (Å²) in [6.07, 6.45) is 0.855. The van der Waals surface area contributed by atoms with Crippen molar-refractivity contribution in [1.29, 1.82) is 0 Å². The Bertz CT molecular complexity index is 178. The van der Waals surface area contributed by atoms with Crippen LogP contribution in [0.1, 0.15) is 32.6 Å². The molecule has 0 bridgehead atoms. The summed E-state index contributed by atoms with van der Waals surface area (Å²) in [5.74, 6) is -0.788. The number of unbranched alkanes of at least 4 members (excludes halogenated alkanes) is 1. The van der Waals surface area contributed by atoms with Crippen molar-refractivity contribution in [2.45, 2.75) is 43.6 Å². The van der Waals surface area contributed by atoms with Crippen LogP contribution in [-0.2, 0) is 9.53 Å². The van der Waals surface area contributed by atoms with Crippen LogP contribution in [0.2, 0.25) is 0 Å². The van der Waals surface area contributed by atoms with Crippen molar-refractivity contribution < 1.29 is 19.0 Å². The average Bonchev–Trinajstić information content (AvgIpc) is 2.18. The first kappa shape index (κ1) is 14.8. The van der Waals surface area contributed by atoms with Crippen molar-refractivity contribution >= 4 is 21.9 Å². The fourth-order valence-electron chi connectivity index (χ4n) is 1.15. The average molecular weight is 285 g/mol. The number of hydrogen-bond donors (Lipinski definition) is 1. The zero-order valence-corrected chi connectivity index (χ0v) is 10.5.